The Kier molecular flexibility index (Phi) is 4.70. The number of fused-ring (bicyclic) bond motifs is 3. The predicted molar refractivity (Wildman–Crippen MR) is 104 cm³/mol. The van der Waals surface area contributed by atoms with Gasteiger partial charge in [-0.05, 0) is 48.7 Å². The van der Waals surface area contributed by atoms with Gasteiger partial charge in [-0.25, -0.2) is 18.6 Å². The minimum absolute atomic E-state index is 0.0607. The number of aryl methyl sites for hydroxylation is 2. The first-order valence-corrected chi connectivity index (χ1v) is 9.01. The first-order valence-electron chi connectivity index (χ1n) is 9.01. The van der Waals surface area contributed by atoms with Gasteiger partial charge in [0.1, 0.15) is 11.2 Å². The molecule has 1 N–H and O–H groups in total. The molecule has 1 aromatic heterocycles. The van der Waals surface area contributed by atoms with Crippen LogP contribution in [0.3, 0.4) is 0 Å². The fraction of sp³-hybridized carbons (Fsp3) is 0.238. The van der Waals surface area contributed by atoms with Gasteiger partial charge in [0, 0.05) is 18.2 Å². The number of nitrogens with zero attached hydrogens (tertiary/aromatic N) is 2. The Bertz CT molecular complexity index is 1220. The first kappa shape index (κ1) is 18.9. The summed E-state index contributed by atoms with van der Waals surface area (Å²) in [7, 11) is 3.09. The van der Waals surface area contributed by atoms with Gasteiger partial charge in [-0.1, -0.05) is 0 Å². The van der Waals surface area contributed by atoms with Gasteiger partial charge < -0.3 is 9.47 Å². The molecule has 1 aliphatic heterocycles. The van der Waals surface area contributed by atoms with Crippen LogP contribution in [0.2, 0.25) is 0 Å². The lowest BCUT2D eigenvalue weighted by Gasteiger charge is -2.23. The van der Waals surface area contributed by atoms with Gasteiger partial charge in [-0.2, -0.15) is 0 Å². The Morgan fingerprint density at radius 1 is 1.03 bits per heavy atom. The summed E-state index contributed by atoms with van der Waals surface area (Å²) in [5, 5.41) is 0. The van der Waals surface area contributed by atoms with Crippen molar-refractivity contribution in [3.05, 3.63) is 69.1 Å². The molecule has 0 saturated carbocycles. The summed E-state index contributed by atoms with van der Waals surface area (Å²) in [6.07, 6.45) is 0.633. The van der Waals surface area contributed by atoms with Gasteiger partial charge in [0.25, 0.3) is 0 Å². The van der Waals surface area contributed by atoms with Gasteiger partial charge in [-0.3, -0.25) is 9.55 Å². The van der Waals surface area contributed by atoms with Gasteiger partial charge >= 0.3 is 5.69 Å². The van der Waals surface area contributed by atoms with Crippen molar-refractivity contribution in [1.82, 2.24) is 9.55 Å². The standard InChI is InChI=1S/C21H19F2N3O3/c1-11-6-14(22)20(15(23)7-11)24-19-10-16-13-9-18(29-3)17(28-2)8-12(13)4-5-26(16)21(27)25-19/h6-10H,4-5H2,1-3H3,(H,24,25,27). The van der Waals surface area contributed by atoms with E-state index in [-0.39, 0.29) is 5.49 Å². The van der Waals surface area contributed by atoms with Crippen LogP contribution >= 0.6 is 0 Å². The van der Waals surface area contributed by atoms with Crippen molar-refractivity contribution in [2.45, 2.75) is 19.9 Å². The minimum Gasteiger partial charge on any atom is -0.493 e. The molecule has 150 valence electrons. The van der Waals surface area contributed by atoms with Gasteiger partial charge in [-0.15, -0.1) is 0 Å². The van der Waals surface area contributed by atoms with Crippen molar-refractivity contribution < 1.29 is 18.3 Å². The summed E-state index contributed by atoms with van der Waals surface area (Å²) in [6.45, 7) is 2.05. The van der Waals surface area contributed by atoms with Gasteiger partial charge in [0.15, 0.2) is 23.1 Å². The second-order valence-electron chi connectivity index (χ2n) is 6.80. The van der Waals surface area contributed by atoms with Crippen molar-refractivity contribution in [3.63, 3.8) is 0 Å². The molecular weight excluding hydrogens is 380 g/mol. The quantitative estimate of drug-likeness (QED) is 0.735. The zero-order chi connectivity index (χ0) is 20.7. The van der Waals surface area contributed by atoms with E-state index in [0.717, 1.165) is 11.1 Å². The summed E-state index contributed by atoms with van der Waals surface area (Å²) < 4.78 is 40.7. The summed E-state index contributed by atoms with van der Waals surface area (Å²) in [5.74, 6) is -0.464. The molecule has 1 aliphatic rings. The topological polar surface area (TPSA) is 68.6 Å². The molecule has 0 radical (unpaired) electrons. The highest BCUT2D eigenvalue weighted by Gasteiger charge is 2.21. The number of aromatic amines is 1. The molecule has 2 heterocycles. The summed E-state index contributed by atoms with van der Waals surface area (Å²) in [5.41, 5.74) is 2.00. The number of nitrogens with one attached hydrogen (secondary N) is 1. The van der Waals surface area contributed by atoms with Crippen LogP contribution in [0.5, 0.6) is 11.5 Å². The SMILES string of the molecule is COc1cc2c(cc1OC)-c1c/c(=N\c3c(F)cc(C)cc3F)[nH]c(=O)n1CC2. The molecule has 6 nitrogen and oxygen atoms in total. The van der Waals surface area contributed by atoms with E-state index in [2.05, 4.69) is 9.98 Å². The molecular formula is C21H19F2N3O3. The Labute approximate surface area is 165 Å². The number of H-pyrrole nitrogens is 1. The number of aromatic nitrogens is 2. The fourth-order valence-electron chi connectivity index (χ4n) is 3.55. The third-order valence-electron chi connectivity index (χ3n) is 4.93. The molecule has 3 aromatic rings. The average molecular weight is 399 g/mol. The molecule has 0 saturated heterocycles. The molecule has 0 atom stereocenters. The maximum atomic E-state index is 14.2. The van der Waals surface area contributed by atoms with Crippen LogP contribution in [-0.2, 0) is 13.0 Å². The van der Waals surface area contributed by atoms with E-state index in [4.69, 9.17) is 9.47 Å². The summed E-state index contributed by atoms with van der Waals surface area (Å²) in [4.78, 5) is 19.2. The Balaban J connectivity index is 1.94. The zero-order valence-electron chi connectivity index (χ0n) is 16.2. The van der Waals surface area contributed by atoms with Crippen LogP contribution in [-0.4, -0.2) is 23.8 Å². The lowest BCUT2D eigenvalue weighted by molar-refractivity contribution is 0.354. The number of benzene rings is 2. The van der Waals surface area contributed by atoms with Crippen LogP contribution in [0, 0.1) is 18.6 Å². The number of rotatable bonds is 3. The van der Waals surface area contributed by atoms with Crippen molar-refractivity contribution >= 4 is 5.69 Å². The molecule has 0 aliphatic carbocycles. The molecule has 4 rings (SSSR count). The number of hydrogen-bond acceptors (Lipinski definition) is 4. The molecule has 0 spiro atoms. The third kappa shape index (κ3) is 3.30. The number of halogens is 2. The molecule has 0 bridgehead atoms. The van der Waals surface area contributed by atoms with Crippen LogP contribution in [0.25, 0.3) is 11.3 Å². The predicted octanol–water partition coefficient (Wildman–Crippen LogP) is 3.24. The van der Waals surface area contributed by atoms with E-state index >= 15 is 0 Å². The second-order valence-corrected chi connectivity index (χ2v) is 6.80. The van der Waals surface area contributed by atoms with E-state index < -0.39 is 23.0 Å². The zero-order valence-corrected chi connectivity index (χ0v) is 16.2. The van der Waals surface area contributed by atoms with E-state index in [0.29, 0.717) is 35.7 Å². The number of ether oxygens (including phenoxy) is 2. The lowest BCUT2D eigenvalue weighted by Crippen LogP contribution is -2.33. The second kappa shape index (κ2) is 7.20. The summed E-state index contributed by atoms with van der Waals surface area (Å²) in [6, 6.07) is 7.65. The largest absolute Gasteiger partial charge is 0.493 e. The highest BCUT2D eigenvalue weighted by molar-refractivity contribution is 5.70. The van der Waals surface area contributed by atoms with Crippen LogP contribution in [0.1, 0.15) is 11.1 Å². The Morgan fingerprint density at radius 2 is 1.69 bits per heavy atom. The monoisotopic (exact) mass is 399 g/mol. The normalized spacial score (nSPS) is 13.1. The van der Waals surface area contributed by atoms with Crippen LogP contribution < -0.4 is 20.7 Å². The van der Waals surface area contributed by atoms with Crippen molar-refractivity contribution in [2.75, 3.05) is 14.2 Å². The van der Waals surface area contributed by atoms with Crippen LogP contribution in [0.4, 0.5) is 14.5 Å². The molecule has 0 amide bonds. The van der Waals surface area contributed by atoms with E-state index in [1.807, 2.05) is 6.07 Å². The fourth-order valence-corrected chi connectivity index (χ4v) is 3.55. The molecule has 29 heavy (non-hydrogen) atoms. The summed E-state index contributed by atoms with van der Waals surface area (Å²) >= 11 is 0. The van der Waals surface area contributed by atoms with E-state index in [9.17, 15) is 13.6 Å². The van der Waals surface area contributed by atoms with Crippen molar-refractivity contribution in [2.24, 2.45) is 4.99 Å². The highest BCUT2D eigenvalue weighted by atomic mass is 19.1. The maximum Gasteiger partial charge on any atom is 0.327 e. The average Bonchev–Trinajstić information content (AvgIpc) is 2.69. The van der Waals surface area contributed by atoms with E-state index in [1.165, 1.54) is 19.2 Å². The minimum atomic E-state index is -0.791. The van der Waals surface area contributed by atoms with E-state index in [1.54, 1.807) is 30.7 Å². The van der Waals surface area contributed by atoms with Crippen LogP contribution in [0.15, 0.2) is 40.1 Å². The first-order chi connectivity index (χ1) is 13.9. The van der Waals surface area contributed by atoms with Gasteiger partial charge in [0.05, 0.1) is 19.9 Å². The van der Waals surface area contributed by atoms with Crippen molar-refractivity contribution in [3.8, 4) is 22.8 Å². The molecule has 8 heteroatoms. The highest BCUT2D eigenvalue weighted by Crippen LogP contribution is 2.37. The van der Waals surface area contributed by atoms with Gasteiger partial charge in [0.2, 0.25) is 0 Å². The van der Waals surface area contributed by atoms with Crippen molar-refractivity contribution in [1.29, 1.82) is 0 Å². The molecule has 2 aromatic carbocycles. The molecule has 0 fully saturated rings. The third-order valence-corrected chi connectivity index (χ3v) is 4.93. The Morgan fingerprint density at radius 3 is 2.34 bits per heavy atom. The number of methoxy groups -OCH3 is 2. The Hall–Kier alpha value is -3.42. The maximum absolute atomic E-state index is 14.2. The lowest BCUT2D eigenvalue weighted by atomic mass is 9.97. The smallest absolute Gasteiger partial charge is 0.327 e. The number of hydrogen-bond donors (Lipinski definition) is 1. The molecule has 0 unspecified atom stereocenters.